The molecule has 98 valence electrons. The molecule has 0 saturated heterocycles. The van der Waals surface area contributed by atoms with Crippen LogP contribution in [0.1, 0.15) is 12.5 Å². The molecule has 0 aliphatic carbocycles. The number of nitrogen functional groups attached to an aromatic ring is 1. The smallest absolute Gasteiger partial charge is 0.245 e. The van der Waals surface area contributed by atoms with E-state index in [4.69, 9.17) is 16.1 Å². The fourth-order valence-corrected chi connectivity index (χ4v) is 3.09. The van der Waals surface area contributed by atoms with E-state index in [9.17, 15) is 8.42 Å². The first-order chi connectivity index (χ1) is 8.47. The van der Waals surface area contributed by atoms with Crippen molar-refractivity contribution in [3.63, 3.8) is 0 Å². The fraction of sp³-hybridized carbons (Fsp3) is 0.364. The van der Waals surface area contributed by atoms with Gasteiger partial charge in [0.15, 0.2) is 0 Å². The van der Waals surface area contributed by atoms with Crippen LogP contribution in [0.4, 0.5) is 5.69 Å². The van der Waals surface area contributed by atoms with Crippen LogP contribution in [0.15, 0.2) is 23.1 Å². The van der Waals surface area contributed by atoms with Gasteiger partial charge in [-0.2, -0.15) is 9.57 Å². The molecule has 0 radical (unpaired) electrons. The van der Waals surface area contributed by atoms with Crippen LogP contribution in [0.5, 0.6) is 0 Å². The molecule has 0 heterocycles. The van der Waals surface area contributed by atoms with E-state index in [1.165, 1.54) is 18.2 Å². The van der Waals surface area contributed by atoms with E-state index in [2.05, 4.69) is 0 Å². The van der Waals surface area contributed by atoms with Gasteiger partial charge in [-0.3, -0.25) is 0 Å². The number of aliphatic hydroxyl groups is 1. The Morgan fingerprint density at radius 1 is 1.50 bits per heavy atom. The third kappa shape index (κ3) is 2.79. The highest BCUT2D eigenvalue weighted by Gasteiger charge is 2.24. The Morgan fingerprint density at radius 3 is 2.61 bits per heavy atom. The zero-order valence-corrected chi connectivity index (χ0v) is 10.8. The number of anilines is 1. The topological polar surface area (TPSA) is 107 Å². The predicted molar refractivity (Wildman–Crippen MR) is 67.1 cm³/mol. The summed E-state index contributed by atoms with van der Waals surface area (Å²) >= 11 is 0. The number of likely N-dealkylation sites (N-methyl/N-ethyl adjacent to an activating group) is 1. The lowest BCUT2D eigenvalue weighted by Crippen LogP contribution is -2.33. The molecule has 7 heteroatoms. The van der Waals surface area contributed by atoms with Crippen molar-refractivity contribution in [1.29, 1.82) is 5.26 Å². The first kappa shape index (κ1) is 14.4. The van der Waals surface area contributed by atoms with Gasteiger partial charge in [-0.15, -0.1) is 0 Å². The van der Waals surface area contributed by atoms with Gasteiger partial charge in [0.2, 0.25) is 10.0 Å². The largest absolute Gasteiger partial charge is 0.398 e. The van der Waals surface area contributed by atoms with Crippen LogP contribution in [0.2, 0.25) is 0 Å². The Labute approximate surface area is 106 Å². The second-order valence-electron chi connectivity index (χ2n) is 3.58. The highest BCUT2D eigenvalue weighted by Crippen LogP contribution is 2.23. The highest BCUT2D eigenvalue weighted by atomic mass is 32.2. The van der Waals surface area contributed by atoms with Gasteiger partial charge in [-0.05, 0) is 18.2 Å². The maximum atomic E-state index is 12.2. The van der Waals surface area contributed by atoms with Gasteiger partial charge < -0.3 is 10.8 Å². The molecule has 1 aromatic rings. The van der Waals surface area contributed by atoms with Crippen molar-refractivity contribution in [2.24, 2.45) is 0 Å². The minimum atomic E-state index is -3.73. The molecule has 0 unspecified atom stereocenters. The van der Waals surface area contributed by atoms with Crippen molar-refractivity contribution in [3.05, 3.63) is 23.8 Å². The first-order valence-electron chi connectivity index (χ1n) is 5.38. The standard InChI is InChI=1S/C11H15N3O3S/c1-2-14(5-6-15)18(16,17)11-4-3-9(8-12)7-10(11)13/h3-4,7,15H,2,5-6,13H2,1H3. The molecule has 6 nitrogen and oxygen atoms in total. The fourth-order valence-electron chi connectivity index (χ4n) is 1.55. The normalized spacial score (nSPS) is 11.4. The molecule has 0 aliphatic rings. The Hall–Kier alpha value is -1.62. The van der Waals surface area contributed by atoms with E-state index >= 15 is 0 Å². The molecule has 3 N–H and O–H groups in total. The highest BCUT2D eigenvalue weighted by molar-refractivity contribution is 7.89. The van der Waals surface area contributed by atoms with E-state index in [1.807, 2.05) is 6.07 Å². The molecular formula is C11H15N3O3S. The van der Waals surface area contributed by atoms with Gasteiger partial charge >= 0.3 is 0 Å². The maximum Gasteiger partial charge on any atom is 0.245 e. The lowest BCUT2D eigenvalue weighted by molar-refractivity contribution is 0.257. The van der Waals surface area contributed by atoms with Gasteiger partial charge in [0.1, 0.15) is 4.90 Å². The van der Waals surface area contributed by atoms with Crippen molar-refractivity contribution in [2.75, 3.05) is 25.4 Å². The third-order valence-electron chi connectivity index (χ3n) is 2.46. The van der Waals surface area contributed by atoms with Gasteiger partial charge in [-0.25, -0.2) is 8.42 Å². The van der Waals surface area contributed by atoms with Crippen LogP contribution >= 0.6 is 0 Å². The molecule has 0 atom stereocenters. The molecule has 1 rings (SSSR count). The molecule has 18 heavy (non-hydrogen) atoms. The van der Waals surface area contributed by atoms with Gasteiger partial charge in [0, 0.05) is 13.1 Å². The Kier molecular flexibility index (Phi) is 4.67. The summed E-state index contributed by atoms with van der Waals surface area (Å²) in [6, 6.07) is 5.91. The first-order valence-corrected chi connectivity index (χ1v) is 6.82. The number of rotatable bonds is 5. The minimum absolute atomic E-state index is 0.0122. The Bertz CT molecular complexity index is 563. The Balaban J connectivity index is 3.24. The summed E-state index contributed by atoms with van der Waals surface area (Å²) in [7, 11) is -3.73. The lowest BCUT2D eigenvalue weighted by Gasteiger charge is -2.20. The zero-order chi connectivity index (χ0) is 13.8. The van der Waals surface area contributed by atoms with Crippen LogP contribution in [0.3, 0.4) is 0 Å². The van der Waals surface area contributed by atoms with E-state index in [0.29, 0.717) is 5.56 Å². The van der Waals surface area contributed by atoms with Crippen LogP contribution in [-0.4, -0.2) is 37.5 Å². The summed E-state index contributed by atoms with van der Waals surface area (Å²) in [5.74, 6) is 0. The zero-order valence-electron chi connectivity index (χ0n) is 10.00. The maximum absolute atomic E-state index is 12.2. The molecule has 0 spiro atoms. The van der Waals surface area contributed by atoms with Crippen molar-refractivity contribution in [1.82, 2.24) is 4.31 Å². The number of nitrogens with two attached hydrogens (primary N) is 1. The predicted octanol–water partition coefficient (Wildman–Crippen LogP) is 0.143. The van der Waals surface area contributed by atoms with Crippen molar-refractivity contribution in [2.45, 2.75) is 11.8 Å². The van der Waals surface area contributed by atoms with E-state index in [0.717, 1.165) is 4.31 Å². The molecular weight excluding hydrogens is 254 g/mol. The number of hydrogen-bond donors (Lipinski definition) is 2. The molecule has 0 fully saturated rings. The average molecular weight is 269 g/mol. The summed E-state index contributed by atoms with van der Waals surface area (Å²) < 4.78 is 25.6. The Morgan fingerprint density at radius 2 is 2.17 bits per heavy atom. The molecule has 0 aliphatic heterocycles. The molecule has 0 amide bonds. The van der Waals surface area contributed by atoms with Crippen LogP contribution < -0.4 is 5.73 Å². The number of benzene rings is 1. The second-order valence-corrected chi connectivity index (χ2v) is 5.49. The monoisotopic (exact) mass is 269 g/mol. The summed E-state index contributed by atoms with van der Waals surface area (Å²) in [4.78, 5) is -0.0446. The lowest BCUT2D eigenvalue weighted by atomic mass is 10.2. The van der Waals surface area contributed by atoms with Gasteiger partial charge in [-0.1, -0.05) is 6.92 Å². The van der Waals surface area contributed by atoms with Crippen molar-refractivity contribution >= 4 is 15.7 Å². The van der Waals surface area contributed by atoms with Gasteiger partial charge in [0.25, 0.3) is 0 Å². The van der Waals surface area contributed by atoms with E-state index < -0.39 is 10.0 Å². The number of hydrogen-bond acceptors (Lipinski definition) is 5. The van der Waals surface area contributed by atoms with Crippen molar-refractivity contribution in [3.8, 4) is 6.07 Å². The summed E-state index contributed by atoms with van der Waals surface area (Å²) in [5.41, 5.74) is 5.99. The number of sulfonamides is 1. The number of nitriles is 1. The van der Waals surface area contributed by atoms with Crippen LogP contribution in [0.25, 0.3) is 0 Å². The number of aliphatic hydroxyl groups excluding tert-OH is 1. The van der Waals surface area contributed by atoms with Gasteiger partial charge in [0.05, 0.1) is 23.9 Å². The molecule has 0 bridgehead atoms. The van der Waals surface area contributed by atoms with Crippen molar-refractivity contribution < 1.29 is 13.5 Å². The summed E-state index contributed by atoms with van der Waals surface area (Å²) in [6.07, 6.45) is 0. The molecule has 0 aromatic heterocycles. The molecule has 0 saturated carbocycles. The summed E-state index contributed by atoms with van der Waals surface area (Å²) in [6.45, 7) is 1.66. The van der Waals surface area contributed by atoms with Crippen LogP contribution in [0, 0.1) is 11.3 Å². The minimum Gasteiger partial charge on any atom is -0.398 e. The number of nitrogens with zero attached hydrogens (tertiary/aromatic N) is 2. The van der Waals surface area contributed by atoms with Crippen LogP contribution in [-0.2, 0) is 10.0 Å². The second kappa shape index (κ2) is 5.82. The average Bonchev–Trinajstić information content (AvgIpc) is 2.35. The van der Waals surface area contributed by atoms with E-state index in [1.54, 1.807) is 6.92 Å². The van der Waals surface area contributed by atoms with E-state index in [-0.39, 0.29) is 30.3 Å². The quantitative estimate of drug-likeness (QED) is 0.739. The summed E-state index contributed by atoms with van der Waals surface area (Å²) in [5, 5.41) is 17.5. The third-order valence-corrected chi connectivity index (χ3v) is 4.51. The SMILES string of the molecule is CCN(CCO)S(=O)(=O)c1ccc(C#N)cc1N. The molecule has 1 aromatic carbocycles.